The molecule has 29 heavy (non-hydrogen) atoms. The molecule has 1 aliphatic rings. The summed E-state index contributed by atoms with van der Waals surface area (Å²) in [7, 11) is 0. The van der Waals surface area contributed by atoms with Crippen LogP contribution < -0.4 is 5.32 Å². The number of nitrogens with one attached hydrogen (secondary N) is 1. The van der Waals surface area contributed by atoms with Gasteiger partial charge in [0.1, 0.15) is 0 Å². The first-order chi connectivity index (χ1) is 14.1. The van der Waals surface area contributed by atoms with Gasteiger partial charge in [0.15, 0.2) is 0 Å². The number of carbonyl (C=O) groups excluding carboxylic acids is 1. The van der Waals surface area contributed by atoms with Gasteiger partial charge in [0.25, 0.3) is 0 Å². The van der Waals surface area contributed by atoms with Crippen molar-refractivity contribution in [3.05, 3.63) is 71.8 Å². The van der Waals surface area contributed by atoms with Crippen LogP contribution in [-0.2, 0) is 4.79 Å². The Morgan fingerprint density at radius 3 is 2.31 bits per heavy atom. The van der Waals surface area contributed by atoms with E-state index in [1.54, 1.807) is 0 Å². The van der Waals surface area contributed by atoms with E-state index in [9.17, 15) is 4.79 Å². The highest BCUT2D eigenvalue weighted by Crippen LogP contribution is 2.20. The molecular formula is C25H33N3O. The lowest BCUT2D eigenvalue weighted by atomic mass is 9.99. The molecule has 2 aromatic rings. The molecule has 1 amide bonds. The second-order valence-corrected chi connectivity index (χ2v) is 7.87. The molecule has 4 nitrogen and oxygen atoms in total. The summed E-state index contributed by atoms with van der Waals surface area (Å²) in [6.07, 6.45) is 5.52. The fraction of sp³-hybridized carbons (Fsp3) is 0.400. The van der Waals surface area contributed by atoms with Crippen LogP contribution in [0.2, 0.25) is 0 Å². The van der Waals surface area contributed by atoms with Crippen LogP contribution in [0.5, 0.6) is 0 Å². The molecule has 4 heteroatoms. The Morgan fingerprint density at radius 2 is 1.66 bits per heavy atom. The third-order valence-corrected chi connectivity index (χ3v) is 5.68. The first-order valence-corrected chi connectivity index (χ1v) is 10.7. The normalized spacial score (nSPS) is 16.8. The Kier molecular flexibility index (Phi) is 8.03. The van der Waals surface area contributed by atoms with Crippen LogP contribution in [0.4, 0.5) is 5.69 Å². The Labute approximate surface area is 175 Å². The largest absolute Gasteiger partial charge is 0.325 e. The summed E-state index contributed by atoms with van der Waals surface area (Å²) in [5, 5.41) is 3.03. The molecule has 2 aromatic carbocycles. The lowest BCUT2D eigenvalue weighted by Crippen LogP contribution is -2.48. The average Bonchev–Trinajstić information content (AvgIpc) is 2.75. The highest BCUT2D eigenvalue weighted by molar-refractivity contribution is 5.92. The Hall–Kier alpha value is -2.43. The van der Waals surface area contributed by atoms with Crippen LogP contribution >= 0.6 is 0 Å². The van der Waals surface area contributed by atoms with Gasteiger partial charge < -0.3 is 5.32 Å². The lowest BCUT2D eigenvalue weighted by Gasteiger charge is -2.33. The number of hydrogen-bond donors (Lipinski definition) is 1. The topological polar surface area (TPSA) is 35.6 Å². The molecule has 3 rings (SSSR count). The molecule has 0 aliphatic carbocycles. The standard InChI is InChI=1S/C25H33N3O/c1-3-21(2)23-11-13-24(14-12-23)26-25(29)20-28-18-16-27(17-19-28)15-7-10-22-8-5-4-6-9-22/h4-14,21H,3,15-20H2,1-2H3,(H,26,29)/b10-7+/t21-/m1/s1. The maximum atomic E-state index is 12.4. The van der Waals surface area contributed by atoms with Crippen LogP contribution in [-0.4, -0.2) is 55.0 Å². The molecular weight excluding hydrogens is 358 g/mol. The number of nitrogens with zero attached hydrogens (tertiary/aromatic N) is 2. The molecule has 1 N–H and O–H groups in total. The number of amides is 1. The summed E-state index contributed by atoms with van der Waals surface area (Å²) >= 11 is 0. The first-order valence-electron chi connectivity index (χ1n) is 10.7. The average molecular weight is 392 g/mol. The van der Waals surface area contributed by atoms with E-state index >= 15 is 0 Å². The second-order valence-electron chi connectivity index (χ2n) is 7.87. The smallest absolute Gasteiger partial charge is 0.238 e. The zero-order chi connectivity index (χ0) is 20.5. The van der Waals surface area contributed by atoms with Crippen molar-refractivity contribution in [1.82, 2.24) is 9.80 Å². The number of rotatable bonds is 8. The maximum absolute atomic E-state index is 12.4. The van der Waals surface area contributed by atoms with Crippen molar-refractivity contribution in [3.63, 3.8) is 0 Å². The van der Waals surface area contributed by atoms with Crippen molar-refractivity contribution in [1.29, 1.82) is 0 Å². The first kappa shape index (κ1) is 21.3. The Morgan fingerprint density at radius 1 is 1.00 bits per heavy atom. The predicted molar refractivity (Wildman–Crippen MR) is 122 cm³/mol. The van der Waals surface area contributed by atoms with E-state index in [4.69, 9.17) is 0 Å². The highest BCUT2D eigenvalue weighted by Gasteiger charge is 2.18. The summed E-state index contributed by atoms with van der Waals surface area (Å²) in [5.74, 6) is 0.622. The summed E-state index contributed by atoms with van der Waals surface area (Å²) in [6, 6.07) is 18.6. The van der Waals surface area contributed by atoms with E-state index in [1.165, 1.54) is 11.1 Å². The fourth-order valence-corrected chi connectivity index (χ4v) is 3.57. The molecule has 0 bridgehead atoms. The summed E-state index contributed by atoms with van der Waals surface area (Å²) in [4.78, 5) is 17.1. The third-order valence-electron chi connectivity index (χ3n) is 5.68. The van der Waals surface area contributed by atoms with Crippen molar-refractivity contribution >= 4 is 17.7 Å². The minimum Gasteiger partial charge on any atom is -0.325 e. The van der Waals surface area contributed by atoms with Gasteiger partial charge >= 0.3 is 0 Å². The minimum absolute atomic E-state index is 0.0683. The van der Waals surface area contributed by atoms with Crippen molar-refractivity contribution in [3.8, 4) is 0 Å². The van der Waals surface area contributed by atoms with Crippen LogP contribution in [0.25, 0.3) is 6.08 Å². The van der Waals surface area contributed by atoms with Crippen molar-refractivity contribution < 1.29 is 4.79 Å². The number of anilines is 1. The monoisotopic (exact) mass is 391 g/mol. The van der Waals surface area contributed by atoms with E-state index in [2.05, 4.69) is 77.5 Å². The van der Waals surface area contributed by atoms with Gasteiger partial charge in [-0.3, -0.25) is 14.6 Å². The van der Waals surface area contributed by atoms with Crippen LogP contribution in [0.15, 0.2) is 60.7 Å². The molecule has 0 saturated carbocycles. The van der Waals surface area contributed by atoms with Gasteiger partial charge in [0.2, 0.25) is 5.91 Å². The van der Waals surface area contributed by atoms with Gasteiger partial charge in [-0.15, -0.1) is 0 Å². The van der Waals surface area contributed by atoms with Gasteiger partial charge in [-0.1, -0.05) is 68.5 Å². The lowest BCUT2D eigenvalue weighted by molar-refractivity contribution is -0.117. The molecule has 0 spiro atoms. The summed E-state index contributed by atoms with van der Waals surface area (Å²) in [6.45, 7) is 9.69. The maximum Gasteiger partial charge on any atom is 0.238 e. The van der Waals surface area contributed by atoms with Crippen molar-refractivity contribution in [2.24, 2.45) is 0 Å². The van der Waals surface area contributed by atoms with Crippen LogP contribution in [0.3, 0.4) is 0 Å². The van der Waals surface area contributed by atoms with E-state index in [-0.39, 0.29) is 5.91 Å². The van der Waals surface area contributed by atoms with Crippen molar-refractivity contribution in [2.45, 2.75) is 26.2 Å². The zero-order valence-electron chi connectivity index (χ0n) is 17.7. The van der Waals surface area contributed by atoms with Crippen LogP contribution in [0.1, 0.15) is 37.3 Å². The second kappa shape index (κ2) is 10.9. The van der Waals surface area contributed by atoms with E-state index < -0.39 is 0 Å². The molecule has 0 aromatic heterocycles. The molecule has 0 radical (unpaired) electrons. The van der Waals surface area contributed by atoms with E-state index in [0.29, 0.717) is 12.5 Å². The van der Waals surface area contributed by atoms with Crippen molar-refractivity contribution in [2.75, 3.05) is 44.6 Å². The van der Waals surface area contributed by atoms with Gasteiger partial charge in [0.05, 0.1) is 6.54 Å². The Bertz CT molecular complexity index is 777. The van der Waals surface area contributed by atoms with E-state index in [0.717, 1.165) is 44.8 Å². The number of benzene rings is 2. The number of carbonyl (C=O) groups is 1. The summed E-state index contributed by atoms with van der Waals surface area (Å²) in [5.41, 5.74) is 3.44. The molecule has 1 heterocycles. The van der Waals surface area contributed by atoms with Gasteiger partial charge in [-0.05, 0) is 35.6 Å². The fourth-order valence-electron chi connectivity index (χ4n) is 3.57. The highest BCUT2D eigenvalue weighted by atomic mass is 16.2. The van der Waals surface area contributed by atoms with Gasteiger partial charge in [0, 0.05) is 38.4 Å². The molecule has 1 fully saturated rings. The van der Waals surface area contributed by atoms with Gasteiger partial charge in [-0.25, -0.2) is 0 Å². The Balaban J connectivity index is 1.37. The van der Waals surface area contributed by atoms with E-state index in [1.807, 2.05) is 18.2 Å². The summed E-state index contributed by atoms with van der Waals surface area (Å²) < 4.78 is 0. The number of piperazine rings is 1. The molecule has 1 saturated heterocycles. The molecule has 1 atom stereocenters. The predicted octanol–water partition coefficient (Wildman–Crippen LogP) is 4.47. The number of hydrogen-bond acceptors (Lipinski definition) is 3. The van der Waals surface area contributed by atoms with Gasteiger partial charge in [-0.2, -0.15) is 0 Å². The third kappa shape index (κ3) is 6.84. The molecule has 0 unspecified atom stereocenters. The van der Waals surface area contributed by atoms with Crippen LogP contribution in [0, 0.1) is 0 Å². The molecule has 154 valence electrons. The quantitative estimate of drug-likeness (QED) is 0.721. The minimum atomic E-state index is 0.0683. The molecule has 1 aliphatic heterocycles. The zero-order valence-corrected chi connectivity index (χ0v) is 17.7. The SMILES string of the molecule is CC[C@@H](C)c1ccc(NC(=O)CN2CCN(C/C=C/c3ccccc3)CC2)cc1.